The van der Waals surface area contributed by atoms with Crippen molar-refractivity contribution in [3.8, 4) is 0 Å². The van der Waals surface area contributed by atoms with Crippen LogP contribution in [0.4, 0.5) is 0 Å². The third-order valence-corrected chi connectivity index (χ3v) is 2.71. The molecule has 0 bridgehead atoms. The second-order valence-corrected chi connectivity index (χ2v) is 4.39. The number of carbonyl (C=O) groups is 1. The second-order valence-electron chi connectivity index (χ2n) is 4.39. The topological polar surface area (TPSA) is 33.2 Å². The lowest BCUT2D eigenvalue weighted by Gasteiger charge is -2.08. The Bertz CT molecular complexity index is 534. The van der Waals surface area contributed by atoms with Crippen LogP contribution in [0.5, 0.6) is 0 Å². The van der Waals surface area contributed by atoms with Crippen molar-refractivity contribution in [1.82, 2.24) is 9.88 Å². The molecule has 0 spiro atoms. The zero-order valence-corrected chi connectivity index (χ0v) is 10.2. The molecule has 0 amide bonds. The minimum absolute atomic E-state index is 0.172. The zero-order valence-electron chi connectivity index (χ0n) is 10.2. The first-order valence-corrected chi connectivity index (χ1v) is 5.69. The summed E-state index contributed by atoms with van der Waals surface area (Å²) in [6, 6.07) is 9.59. The number of nitrogens with zero attached hydrogens (tertiary/aromatic N) is 2. The molecule has 0 saturated carbocycles. The van der Waals surface area contributed by atoms with Gasteiger partial charge >= 0.3 is 0 Å². The highest BCUT2D eigenvalue weighted by molar-refractivity contribution is 5.99. The Morgan fingerprint density at radius 2 is 2.12 bits per heavy atom. The molecule has 0 atom stereocenters. The largest absolute Gasteiger partial charge is 0.309 e. The van der Waals surface area contributed by atoms with Gasteiger partial charge in [0.1, 0.15) is 0 Å². The van der Waals surface area contributed by atoms with Crippen LogP contribution in [0.15, 0.2) is 36.5 Å². The molecule has 3 nitrogen and oxygen atoms in total. The monoisotopic (exact) mass is 228 g/mol. The molecule has 0 aliphatic heterocycles. The van der Waals surface area contributed by atoms with Crippen molar-refractivity contribution in [3.63, 3.8) is 0 Å². The third kappa shape index (κ3) is 2.88. The Morgan fingerprint density at radius 1 is 1.29 bits per heavy atom. The summed E-state index contributed by atoms with van der Waals surface area (Å²) >= 11 is 0. The van der Waals surface area contributed by atoms with Crippen molar-refractivity contribution < 1.29 is 4.79 Å². The molecule has 1 heterocycles. The third-order valence-electron chi connectivity index (χ3n) is 2.71. The van der Waals surface area contributed by atoms with Crippen molar-refractivity contribution in [1.29, 1.82) is 0 Å². The molecule has 0 saturated heterocycles. The average molecular weight is 228 g/mol. The number of rotatable bonds is 4. The summed E-state index contributed by atoms with van der Waals surface area (Å²) in [5.41, 5.74) is 1.63. The summed E-state index contributed by atoms with van der Waals surface area (Å²) in [4.78, 5) is 18.2. The first kappa shape index (κ1) is 11.7. The van der Waals surface area contributed by atoms with Crippen molar-refractivity contribution in [2.45, 2.75) is 6.42 Å². The number of benzene rings is 1. The van der Waals surface area contributed by atoms with Gasteiger partial charge < -0.3 is 4.90 Å². The van der Waals surface area contributed by atoms with Gasteiger partial charge in [0.05, 0.1) is 5.52 Å². The second kappa shape index (κ2) is 5.06. The predicted molar refractivity (Wildman–Crippen MR) is 69.2 cm³/mol. The maximum atomic E-state index is 11.9. The molecule has 0 radical (unpaired) electrons. The van der Waals surface area contributed by atoms with E-state index < -0.39 is 0 Å². The Morgan fingerprint density at radius 3 is 2.88 bits per heavy atom. The molecule has 3 heteroatoms. The van der Waals surface area contributed by atoms with Crippen molar-refractivity contribution in [2.24, 2.45) is 0 Å². The molecule has 1 aromatic carbocycles. The summed E-state index contributed by atoms with van der Waals surface area (Å²) in [7, 11) is 3.93. The molecule has 0 unspecified atom stereocenters. The smallest absolute Gasteiger partial charge is 0.164 e. The highest BCUT2D eigenvalue weighted by atomic mass is 16.1. The van der Waals surface area contributed by atoms with Crippen LogP contribution in [-0.4, -0.2) is 36.3 Å². The van der Waals surface area contributed by atoms with Gasteiger partial charge in [-0.15, -0.1) is 0 Å². The van der Waals surface area contributed by atoms with Crippen molar-refractivity contribution in [3.05, 3.63) is 42.1 Å². The Labute approximate surface area is 101 Å². The SMILES string of the molecule is CN(C)CCC(=O)c1ccc2cccnc2c1. The van der Waals surface area contributed by atoms with E-state index in [4.69, 9.17) is 0 Å². The average Bonchev–Trinajstić information content (AvgIpc) is 2.35. The number of hydrogen-bond acceptors (Lipinski definition) is 3. The summed E-state index contributed by atoms with van der Waals surface area (Å²) in [5.74, 6) is 0.172. The van der Waals surface area contributed by atoms with Crippen LogP contribution < -0.4 is 0 Å². The fourth-order valence-electron chi connectivity index (χ4n) is 1.71. The van der Waals surface area contributed by atoms with Crippen LogP contribution in [0.2, 0.25) is 0 Å². The fourth-order valence-corrected chi connectivity index (χ4v) is 1.71. The maximum Gasteiger partial charge on any atom is 0.164 e. The molecule has 1 aromatic heterocycles. The number of ketones is 1. The predicted octanol–water partition coefficient (Wildman–Crippen LogP) is 2.37. The van der Waals surface area contributed by atoms with Gasteiger partial charge in [0.25, 0.3) is 0 Å². The van der Waals surface area contributed by atoms with E-state index in [0.717, 1.165) is 23.0 Å². The molecule has 0 N–H and O–H groups in total. The molecule has 17 heavy (non-hydrogen) atoms. The lowest BCUT2D eigenvalue weighted by Crippen LogP contribution is -2.16. The van der Waals surface area contributed by atoms with Crippen LogP contribution in [0.25, 0.3) is 10.9 Å². The highest BCUT2D eigenvalue weighted by Gasteiger charge is 2.07. The lowest BCUT2D eigenvalue weighted by molar-refractivity contribution is 0.0972. The van der Waals surface area contributed by atoms with E-state index in [-0.39, 0.29) is 5.78 Å². The summed E-state index contributed by atoms with van der Waals surface area (Å²) in [6.45, 7) is 0.777. The summed E-state index contributed by atoms with van der Waals surface area (Å²) in [5, 5.41) is 1.07. The van der Waals surface area contributed by atoms with Gasteiger partial charge in [0.15, 0.2) is 5.78 Å². The number of fused-ring (bicyclic) bond motifs is 1. The Balaban J connectivity index is 2.21. The van der Waals surface area contributed by atoms with Gasteiger partial charge in [-0.1, -0.05) is 18.2 Å². The lowest BCUT2D eigenvalue weighted by atomic mass is 10.1. The van der Waals surface area contributed by atoms with Gasteiger partial charge in [0.2, 0.25) is 0 Å². The van der Waals surface area contributed by atoms with E-state index in [0.29, 0.717) is 6.42 Å². The molecule has 2 aromatic rings. The van der Waals surface area contributed by atoms with Gasteiger partial charge in [0, 0.05) is 30.1 Å². The van der Waals surface area contributed by atoms with E-state index >= 15 is 0 Å². The quantitative estimate of drug-likeness (QED) is 0.753. The number of Topliss-reactive ketones (excluding diaryl/α,β-unsaturated/α-hetero) is 1. The first-order chi connectivity index (χ1) is 8.16. The maximum absolute atomic E-state index is 11.9. The molecular weight excluding hydrogens is 212 g/mol. The summed E-state index contributed by atoms with van der Waals surface area (Å²) < 4.78 is 0. The fraction of sp³-hybridized carbons (Fsp3) is 0.286. The van der Waals surface area contributed by atoms with Crippen molar-refractivity contribution >= 4 is 16.7 Å². The number of hydrogen-bond donors (Lipinski definition) is 0. The highest BCUT2D eigenvalue weighted by Crippen LogP contribution is 2.14. The van der Waals surface area contributed by atoms with Gasteiger partial charge in [-0.3, -0.25) is 9.78 Å². The van der Waals surface area contributed by atoms with Gasteiger partial charge in [-0.05, 0) is 26.2 Å². The molecule has 0 fully saturated rings. The zero-order chi connectivity index (χ0) is 12.3. The molecule has 88 valence electrons. The van der Waals surface area contributed by atoms with Crippen LogP contribution in [0.1, 0.15) is 16.8 Å². The van der Waals surface area contributed by atoms with E-state index in [2.05, 4.69) is 4.98 Å². The minimum atomic E-state index is 0.172. The molecular formula is C14H16N2O. The normalized spacial score (nSPS) is 11.0. The van der Waals surface area contributed by atoms with E-state index in [1.165, 1.54) is 0 Å². The van der Waals surface area contributed by atoms with Crippen molar-refractivity contribution in [2.75, 3.05) is 20.6 Å². The van der Waals surface area contributed by atoms with Crippen LogP contribution in [-0.2, 0) is 0 Å². The minimum Gasteiger partial charge on any atom is -0.309 e. The van der Waals surface area contributed by atoms with E-state index in [1.54, 1.807) is 6.20 Å². The Kier molecular flexibility index (Phi) is 3.49. The number of pyridine rings is 1. The van der Waals surface area contributed by atoms with Crippen LogP contribution in [0, 0.1) is 0 Å². The van der Waals surface area contributed by atoms with E-state index in [1.807, 2.05) is 49.3 Å². The standard InChI is InChI=1S/C14H16N2O/c1-16(2)9-7-14(17)12-6-5-11-4-3-8-15-13(11)10-12/h3-6,8,10H,7,9H2,1-2H3. The molecule has 0 aliphatic carbocycles. The Hall–Kier alpha value is -1.74. The molecule has 2 rings (SSSR count). The summed E-state index contributed by atoms with van der Waals surface area (Å²) in [6.07, 6.45) is 2.29. The number of aromatic nitrogens is 1. The van der Waals surface area contributed by atoms with Crippen LogP contribution in [0.3, 0.4) is 0 Å². The van der Waals surface area contributed by atoms with Gasteiger partial charge in [-0.25, -0.2) is 0 Å². The van der Waals surface area contributed by atoms with Gasteiger partial charge in [-0.2, -0.15) is 0 Å². The number of carbonyl (C=O) groups excluding carboxylic acids is 1. The van der Waals surface area contributed by atoms with Crippen LogP contribution >= 0.6 is 0 Å². The molecule has 0 aliphatic rings. The van der Waals surface area contributed by atoms with E-state index in [9.17, 15) is 4.79 Å². The first-order valence-electron chi connectivity index (χ1n) is 5.69.